The molecule has 0 spiro atoms. The second kappa shape index (κ2) is 8.80. The highest BCUT2D eigenvalue weighted by Gasteiger charge is 2.17. The van der Waals surface area contributed by atoms with E-state index in [1.807, 2.05) is 6.07 Å². The number of aromatic nitrogens is 8. The molecule has 0 aliphatic heterocycles. The number of sulfonamides is 1. The number of pyridine rings is 2. The molecule has 0 atom stereocenters. The monoisotopic (exact) mass is 515 g/mol. The predicted octanol–water partition coefficient (Wildman–Crippen LogP) is 3.21. The summed E-state index contributed by atoms with van der Waals surface area (Å²) < 4.78 is 39.8. The zero-order chi connectivity index (χ0) is 25.6. The molecule has 5 aromatic heterocycles. The lowest BCUT2D eigenvalue weighted by Gasteiger charge is -2.07. The fourth-order valence-electron chi connectivity index (χ4n) is 4.07. The first-order chi connectivity index (χ1) is 17.8. The van der Waals surface area contributed by atoms with Crippen LogP contribution in [0.3, 0.4) is 0 Å². The van der Waals surface area contributed by atoms with Gasteiger partial charge in [0, 0.05) is 41.6 Å². The Kier molecular flexibility index (Phi) is 5.43. The minimum absolute atomic E-state index is 0.0408. The van der Waals surface area contributed by atoms with Gasteiger partial charge < -0.3 is 4.98 Å². The van der Waals surface area contributed by atoms with Crippen LogP contribution in [0.2, 0.25) is 0 Å². The number of fused-ring (bicyclic) bond motifs is 2. The fraction of sp³-hybridized carbons (Fsp3) is 0.0833. The highest BCUT2D eigenvalue weighted by atomic mass is 32.2. The smallest absolute Gasteiger partial charge is 0.209 e. The minimum atomic E-state index is -3.43. The topological polar surface area (TPSA) is 155 Å². The van der Waals surface area contributed by atoms with Crippen LogP contribution in [0.25, 0.3) is 55.8 Å². The van der Waals surface area contributed by atoms with Gasteiger partial charge in [-0.25, -0.2) is 32.5 Å². The number of H-pyrrole nitrogens is 2. The van der Waals surface area contributed by atoms with E-state index in [0.717, 1.165) is 22.7 Å². The first-order valence-corrected chi connectivity index (χ1v) is 12.9. The normalized spacial score (nSPS) is 11.9. The van der Waals surface area contributed by atoms with E-state index in [1.54, 1.807) is 37.1 Å². The Balaban J connectivity index is 1.44. The molecule has 0 saturated carbocycles. The number of hydrogen-bond donors (Lipinski definition) is 3. The van der Waals surface area contributed by atoms with Crippen LogP contribution in [0.15, 0.2) is 61.6 Å². The number of rotatable bonds is 6. The predicted molar refractivity (Wildman–Crippen MR) is 135 cm³/mol. The molecule has 37 heavy (non-hydrogen) atoms. The van der Waals surface area contributed by atoms with Crippen molar-refractivity contribution in [1.29, 1.82) is 0 Å². The van der Waals surface area contributed by atoms with E-state index in [-0.39, 0.29) is 6.54 Å². The zero-order valence-electron chi connectivity index (χ0n) is 19.3. The molecule has 0 radical (unpaired) electrons. The van der Waals surface area contributed by atoms with Crippen molar-refractivity contribution in [2.45, 2.75) is 6.54 Å². The van der Waals surface area contributed by atoms with E-state index in [9.17, 15) is 12.8 Å². The molecule has 0 unspecified atom stereocenters. The third kappa shape index (κ3) is 4.52. The molecule has 0 aliphatic rings. The van der Waals surface area contributed by atoms with Gasteiger partial charge in [0.25, 0.3) is 0 Å². The first kappa shape index (κ1) is 22.8. The SMILES string of the molecule is CS(=O)(=O)NCc1cc(F)cc(-c2cncc3[nH]c(-c4n[nH]c5cnc(-c6cncnc6)cc45)nc23)c1. The summed E-state index contributed by atoms with van der Waals surface area (Å²) in [5.74, 6) is -0.00823. The molecule has 3 N–H and O–H groups in total. The summed E-state index contributed by atoms with van der Waals surface area (Å²) in [5.41, 5.74) is 5.53. The minimum Gasteiger partial charge on any atom is -0.335 e. The van der Waals surface area contributed by atoms with Gasteiger partial charge in [-0.15, -0.1) is 0 Å². The van der Waals surface area contributed by atoms with Gasteiger partial charge in [-0.3, -0.25) is 15.1 Å². The fourth-order valence-corrected chi connectivity index (χ4v) is 4.49. The summed E-state index contributed by atoms with van der Waals surface area (Å²) >= 11 is 0. The Bertz CT molecular complexity index is 1890. The first-order valence-electron chi connectivity index (χ1n) is 11.0. The third-order valence-electron chi connectivity index (χ3n) is 5.73. The number of hydrogen-bond acceptors (Lipinski definition) is 8. The van der Waals surface area contributed by atoms with Crippen LogP contribution in [0, 0.1) is 5.82 Å². The number of imidazole rings is 1. The lowest BCUT2D eigenvalue weighted by Crippen LogP contribution is -2.21. The van der Waals surface area contributed by atoms with E-state index in [0.29, 0.717) is 44.9 Å². The molecule has 11 nitrogen and oxygen atoms in total. The number of nitrogens with one attached hydrogen (secondary N) is 3. The molecule has 13 heteroatoms. The molecular weight excluding hydrogens is 497 g/mol. The van der Waals surface area contributed by atoms with E-state index < -0.39 is 15.8 Å². The van der Waals surface area contributed by atoms with E-state index in [4.69, 9.17) is 4.98 Å². The van der Waals surface area contributed by atoms with Crippen molar-refractivity contribution < 1.29 is 12.8 Å². The maximum Gasteiger partial charge on any atom is 0.209 e. The quantitative estimate of drug-likeness (QED) is 0.305. The number of halogens is 1. The van der Waals surface area contributed by atoms with Crippen LogP contribution in [0.5, 0.6) is 0 Å². The Labute approximate surface area is 209 Å². The lowest BCUT2D eigenvalue weighted by atomic mass is 10.0. The van der Waals surface area contributed by atoms with Crippen LogP contribution >= 0.6 is 0 Å². The molecule has 1 aromatic carbocycles. The van der Waals surface area contributed by atoms with Crippen molar-refractivity contribution in [1.82, 2.24) is 44.8 Å². The van der Waals surface area contributed by atoms with Crippen molar-refractivity contribution in [2.75, 3.05) is 6.26 Å². The Morgan fingerprint density at radius 1 is 0.946 bits per heavy atom. The third-order valence-corrected chi connectivity index (χ3v) is 6.40. The maximum atomic E-state index is 14.5. The van der Waals surface area contributed by atoms with Gasteiger partial charge in [0.2, 0.25) is 10.0 Å². The van der Waals surface area contributed by atoms with Crippen LogP contribution in [0.4, 0.5) is 4.39 Å². The van der Waals surface area contributed by atoms with Crippen molar-refractivity contribution in [3.63, 3.8) is 0 Å². The number of nitrogens with zero attached hydrogens (tertiary/aromatic N) is 6. The highest BCUT2D eigenvalue weighted by Crippen LogP contribution is 2.32. The van der Waals surface area contributed by atoms with Crippen molar-refractivity contribution >= 4 is 32.0 Å². The van der Waals surface area contributed by atoms with Crippen molar-refractivity contribution in [3.05, 3.63) is 73.0 Å². The maximum absolute atomic E-state index is 14.5. The van der Waals surface area contributed by atoms with Crippen molar-refractivity contribution in [2.24, 2.45) is 0 Å². The number of aromatic amines is 2. The van der Waals surface area contributed by atoms with Gasteiger partial charge in [-0.2, -0.15) is 5.10 Å². The molecule has 6 aromatic rings. The molecule has 0 fully saturated rings. The van der Waals surface area contributed by atoms with Crippen LogP contribution in [-0.2, 0) is 16.6 Å². The van der Waals surface area contributed by atoms with E-state index in [2.05, 4.69) is 39.8 Å². The molecule has 0 aliphatic carbocycles. The van der Waals surface area contributed by atoms with E-state index in [1.165, 1.54) is 18.5 Å². The molecule has 5 heterocycles. The molecule has 184 valence electrons. The summed E-state index contributed by atoms with van der Waals surface area (Å²) in [6.45, 7) is -0.0408. The largest absolute Gasteiger partial charge is 0.335 e. The molecule has 0 amide bonds. The summed E-state index contributed by atoms with van der Waals surface area (Å²) in [6.07, 6.45) is 10.8. The Hall–Kier alpha value is -4.62. The van der Waals surface area contributed by atoms with E-state index >= 15 is 0 Å². The Morgan fingerprint density at radius 3 is 2.59 bits per heavy atom. The van der Waals surface area contributed by atoms with Crippen LogP contribution < -0.4 is 4.72 Å². The van der Waals surface area contributed by atoms with Gasteiger partial charge in [0.15, 0.2) is 5.82 Å². The lowest BCUT2D eigenvalue weighted by molar-refractivity contribution is 0.586. The molecular formula is C24H18FN9O2S. The summed E-state index contributed by atoms with van der Waals surface area (Å²) in [7, 11) is -3.43. The van der Waals surface area contributed by atoms with Gasteiger partial charge in [0.05, 0.1) is 40.9 Å². The van der Waals surface area contributed by atoms with Crippen LogP contribution in [-0.4, -0.2) is 54.8 Å². The highest BCUT2D eigenvalue weighted by molar-refractivity contribution is 7.88. The zero-order valence-corrected chi connectivity index (χ0v) is 20.1. The second-order valence-electron chi connectivity index (χ2n) is 8.42. The standard InChI is InChI=1S/C24H18FN9O2S/c1-37(35,36)30-6-13-2-14(4-16(25)3-13)18-9-26-10-21-22(18)32-24(31-21)23-17-5-19(15-7-27-12-28-8-15)29-11-20(17)33-34-23/h2-5,7-12,30H,6H2,1H3,(H,31,32)(H,33,34). The van der Waals surface area contributed by atoms with Gasteiger partial charge in [0.1, 0.15) is 17.8 Å². The second-order valence-corrected chi connectivity index (χ2v) is 10.3. The number of benzene rings is 1. The Morgan fingerprint density at radius 2 is 1.78 bits per heavy atom. The summed E-state index contributed by atoms with van der Waals surface area (Å²) in [4.78, 5) is 24.9. The van der Waals surface area contributed by atoms with Gasteiger partial charge in [-0.05, 0) is 35.4 Å². The average Bonchev–Trinajstić information content (AvgIpc) is 3.51. The molecule has 0 saturated heterocycles. The van der Waals surface area contributed by atoms with Crippen molar-refractivity contribution in [3.8, 4) is 33.9 Å². The molecule has 6 rings (SSSR count). The van der Waals surface area contributed by atoms with Gasteiger partial charge in [-0.1, -0.05) is 0 Å². The summed E-state index contributed by atoms with van der Waals surface area (Å²) in [6, 6.07) is 6.23. The average molecular weight is 516 g/mol. The van der Waals surface area contributed by atoms with Crippen LogP contribution in [0.1, 0.15) is 5.56 Å². The molecule has 0 bridgehead atoms. The summed E-state index contributed by atoms with van der Waals surface area (Å²) in [5, 5.41) is 8.20. The van der Waals surface area contributed by atoms with Gasteiger partial charge >= 0.3 is 0 Å².